The normalized spacial score (nSPS) is 9.96. The summed E-state index contributed by atoms with van der Waals surface area (Å²) >= 11 is 7.67. The maximum Gasteiger partial charge on any atom is 0.319 e. The van der Waals surface area contributed by atoms with Crippen LogP contribution in [0.25, 0.3) is 0 Å². The van der Waals surface area contributed by atoms with Crippen molar-refractivity contribution in [1.82, 2.24) is 5.32 Å². The van der Waals surface area contributed by atoms with Crippen molar-refractivity contribution in [2.24, 2.45) is 0 Å². The van der Waals surface area contributed by atoms with Crippen molar-refractivity contribution in [2.45, 2.75) is 23.1 Å². The van der Waals surface area contributed by atoms with Crippen LogP contribution in [0, 0.1) is 11.3 Å². The SMILES string of the molecule is CCCNC(=O)Nc1ccc(Sc2ccc(C#N)cc2Cl)cc1. The molecule has 0 saturated heterocycles. The van der Waals surface area contributed by atoms with Gasteiger partial charge in [0, 0.05) is 22.0 Å². The Morgan fingerprint density at radius 2 is 2.00 bits per heavy atom. The summed E-state index contributed by atoms with van der Waals surface area (Å²) in [4.78, 5) is 13.5. The Balaban J connectivity index is 2.00. The van der Waals surface area contributed by atoms with E-state index in [2.05, 4.69) is 16.7 Å². The van der Waals surface area contributed by atoms with E-state index in [0.29, 0.717) is 17.1 Å². The number of urea groups is 1. The molecule has 23 heavy (non-hydrogen) atoms. The molecule has 0 fully saturated rings. The van der Waals surface area contributed by atoms with Gasteiger partial charge in [0.05, 0.1) is 16.7 Å². The molecule has 2 N–H and O–H groups in total. The molecule has 0 aliphatic heterocycles. The molecule has 0 radical (unpaired) electrons. The van der Waals surface area contributed by atoms with Crippen LogP contribution in [-0.2, 0) is 0 Å². The van der Waals surface area contributed by atoms with Crippen LogP contribution in [0.1, 0.15) is 18.9 Å². The highest BCUT2D eigenvalue weighted by molar-refractivity contribution is 7.99. The summed E-state index contributed by atoms with van der Waals surface area (Å²) in [5.74, 6) is 0. The zero-order valence-corrected chi connectivity index (χ0v) is 14.2. The molecule has 0 aromatic heterocycles. The molecule has 4 nitrogen and oxygen atoms in total. The lowest BCUT2D eigenvalue weighted by Crippen LogP contribution is -2.29. The third-order valence-corrected chi connectivity index (χ3v) is 4.45. The molecule has 0 unspecified atom stereocenters. The minimum absolute atomic E-state index is 0.206. The number of carbonyl (C=O) groups excluding carboxylic acids is 1. The molecular formula is C17H16ClN3OS. The fraction of sp³-hybridized carbons (Fsp3) is 0.176. The second kappa shape index (κ2) is 8.47. The first-order valence-electron chi connectivity index (χ1n) is 7.15. The van der Waals surface area contributed by atoms with E-state index in [1.165, 1.54) is 11.8 Å². The Hall–Kier alpha value is -2.16. The lowest BCUT2D eigenvalue weighted by atomic mass is 10.2. The van der Waals surface area contributed by atoms with Crippen molar-refractivity contribution in [3.8, 4) is 6.07 Å². The summed E-state index contributed by atoms with van der Waals surface area (Å²) in [5, 5.41) is 14.9. The third-order valence-electron chi connectivity index (χ3n) is 2.94. The Kier molecular flexibility index (Phi) is 6.33. The van der Waals surface area contributed by atoms with Crippen LogP contribution in [0.4, 0.5) is 10.5 Å². The Labute approximate surface area is 144 Å². The number of carbonyl (C=O) groups is 1. The molecule has 2 amide bonds. The fourth-order valence-corrected chi connectivity index (χ4v) is 2.92. The molecular weight excluding hydrogens is 330 g/mol. The number of hydrogen-bond acceptors (Lipinski definition) is 3. The van der Waals surface area contributed by atoms with Gasteiger partial charge in [-0.25, -0.2) is 4.79 Å². The van der Waals surface area contributed by atoms with Crippen molar-refractivity contribution >= 4 is 35.1 Å². The molecule has 0 spiro atoms. The number of hydrogen-bond donors (Lipinski definition) is 2. The number of nitrogens with zero attached hydrogens (tertiary/aromatic N) is 1. The summed E-state index contributed by atoms with van der Waals surface area (Å²) in [6, 6.07) is 14.6. The van der Waals surface area contributed by atoms with Crippen LogP contribution in [0.15, 0.2) is 52.3 Å². The largest absolute Gasteiger partial charge is 0.338 e. The van der Waals surface area contributed by atoms with Gasteiger partial charge >= 0.3 is 6.03 Å². The van der Waals surface area contributed by atoms with Gasteiger partial charge in [-0.15, -0.1) is 0 Å². The predicted octanol–water partition coefficient (Wildman–Crippen LogP) is 4.89. The molecule has 0 aliphatic carbocycles. The van der Waals surface area contributed by atoms with E-state index in [0.717, 1.165) is 21.9 Å². The topological polar surface area (TPSA) is 64.9 Å². The van der Waals surface area contributed by atoms with E-state index in [9.17, 15) is 4.79 Å². The molecule has 0 atom stereocenters. The summed E-state index contributed by atoms with van der Waals surface area (Å²) in [6.07, 6.45) is 0.897. The zero-order valence-electron chi connectivity index (χ0n) is 12.6. The number of halogens is 1. The van der Waals surface area contributed by atoms with E-state index in [-0.39, 0.29) is 6.03 Å². The van der Waals surface area contributed by atoms with Gasteiger partial charge in [0.15, 0.2) is 0 Å². The average Bonchev–Trinajstić information content (AvgIpc) is 2.56. The molecule has 0 aliphatic rings. The highest BCUT2D eigenvalue weighted by Crippen LogP contribution is 2.34. The lowest BCUT2D eigenvalue weighted by Gasteiger charge is -2.08. The van der Waals surface area contributed by atoms with E-state index in [1.54, 1.807) is 12.1 Å². The second-order valence-electron chi connectivity index (χ2n) is 4.76. The van der Waals surface area contributed by atoms with Crippen LogP contribution in [-0.4, -0.2) is 12.6 Å². The monoisotopic (exact) mass is 345 g/mol. The number of benzene rings is 2. The van der Waals surface area contributed by atoms with Gasteiger partial charge < -0.3 is 10.6 Å². The fourth-order valence-electron chi connectivity index (χ4n) is 1.80. The Morgan fingerprint density at radius 1 is 1.26 bits per heavy atom. The van der Waals surface area contributed by atoms with Gasteiger partial charge in [-0.2, -0.15) is 5.26 Å². The van der Waals surface area contributed by atoms with Crippen molar-refractivity contribution in [2.75, 3.05) is 11.9 Å². The van der Waals surface area contributed by atoms with Crippen molar-refractivity contribution in [3.05, 3.63) is 53.1 Å². The van der Waals surface area contributed by atoms with E-state index >= 15 is 0 Å². The van der Waals surface area contributed by atoms with Crippen molar-refractivity contribution in [1.29, 1.82) is 5.26 Å². The van der Waals surface area contributed by atoms with Gasteiger partial charge in [0.1, 0.15) is 0 Å². The van der Waals surface area contributed by atoms with Crippen LogP contribution in [0.3, 0.4) is 0 Å². The number of anilines is 1. The lowest BCUT2D eigenvalue weighted by molar-refractivity contribution is 0.252. The van der Waals surface area contributed by atoms with E-state index in [4.69, 9.17) is 16.9 Å². The van der Waals surface area contributed by atoms with E-state index < -0.39 is 0 Å². The molecule has 0 heterocycles. The van der Waals surface area contributed by atoms with Crippen molar-refractivity contribution in [3.63, 3.8) is 0 Å². The summed E-state index contributed by atoms with van der Waals surface area (Å²) in [5.41, 5.74) is 1.27. The maximum absolute atomic E-state index is 11.6. The maximum atomic E-state index is 11.6. The predicted molar refractivity (Wildman–Crippen MR) is 94.0 cm³/mol. The first-order valence-corrected chi connectivity index (χ1v) is 8.34. The van der Waals surface area contributed by atoms with Gasteiger partial charge in [-0.1, -0.05) is 30.3 Å². The zero-order chi connectivity index (χ0) is 16.7. The highest BCUT2D eigenvalue weighted by atomic mass is 35.5. The number of nitrogens with one attached hydrogen (secondary N) is 2. The van der Waals surface area contributed by atoms with Crippen molar-refractivity contribution < 1.29 is 4.79 Å². The smallest absolute Gasteiger partial charge is 0.319 e. The molecule has 0 saturated carbocycles. The molecule has 6 heteroatoms. The number of nitriles is 1. The van der Waals surface area contributed by atoms with Crippen LogP contribution in [0.2, 0.25) is 5.02 Å². The summed E-state index contributed by atoms with van der Waals surface area (Å²) < 4.78 is 0. The van der Waals surface area contributed by atoms with Crippen LogP contribution < -0.4 is 10.6 Å². The molecule has 2 aromatic rings. The minimum Gasteiger partial charge on any atom is -0.338 e. The summed E-state index contributed by atoms with van der Waals surface area (Å²) in [7, 11) is 0. The molecule has 2 aromatic carbocycles. The van der Waals surface area contributed by atoms with Crippen LogP contribution in [0.5, 0.6) is 0 Å². The van der Waals surface area contributed by atoms with E-state index in [1.807, 2.05) is 37.3 Å². The number of rotatable bonds is 5. The first-order chi connectivity index (χ1) is 11.1. The second-order valence-corrected chi connectivity index (χ2v) is 6.29. The first kappa shape index (κ1) is 17.2. The summed E-state index contributed by atoms with van der Waals surface area (Å²) in [6.45, 7) is 2.65. The third kappa shape index (κ3) is 5.20. The molecule has 0 bridgehead atoms. The standard InChI is InChI=1S/C17H16ClN3OS/c1-2-9-20-17(22)21-13-4-6-14(7-5-13)23-16-8-3-12(11-19)10-15(16)18/h3-8,10H,2,9H2,1H3,(H2,20,21,22). The molecule has 2 rings (SSSR count). The van der Waals surface area contributed by atoms with Crippen LogP contribution >= 0.6 is 23.4 Å². The van der Waals surface area contributed by atoms with Gasteiger partial charge in [0.2, 0.25) is 0 Å². The van der Waals surface area contributed by atoms with Gasteiger partial charge in [0.25, 0.3) is 0 Å². The highest BCUT2D eigenvalue weighted by Gasteiger charge is 2.05. The molecule has 118 valence electrons. The Bertz CT molecular complexity index is 726. The quantitative estimate of drug-likeness (QED) is 0.810. The number of amides is 2. The average molecular weight is 346 g/mol. The minimum atomic E-state index is -0.206. The van der Waals surface area contributed by atoms with Gasteiger partial charge in [-0.3, -0.25) is 0 Å². The Morgan fingerprint density at radius 3 is 2.61 bits per heavy atom. The van der Waals surface area contributed by atoms with Gasteiger partial charge in [-0.05, 0) is 48.9 Å².